The average molecular weight is 228 g/mol. The van der Waals surface area contributed by atoms with Gasteiger partial charge < -0.3 is 5.43 Å². The summed E-state index contributed by atoms with van der Waals surface area (Å²) in [7, 11) is 0. The summed E-state index contributed by atoms with van der Waals surface area (Å²) in [5.74, 6) is 0. The van der Waals surface area contributed by atoms with Crippen molar-refractivity contribution >= 4 is 22.7 Å². The second-order valence-corrected chi connectivity index (χ2v) is 4.52. The minimum Gasteiger partial charge on any atom is -0.315 e. The predicted octanol–water partition coefficient (Wildman–Crippen LogP) is 2.98. The minimum absolute atomic E-state index is 0.949. The fraction of sp³-hybridized carbons (Fsp3) is 0.0769. The Balaban J connectivity index is 1.92. The molecule has 0 unspecified atom stereocenters. The SMILES string of the molecule is C1=C(Cc2ccc3ccccc3c2)NNS1. The normalized spacial score (nSPS) is 14.9. The van der Waals surface area contributed by atoms with Crippen LogP contribution in [0.4, 0.5) is 0 Å². The monoisotopic (exact) mass is 228 g/mol. The highest BCUT2D eigenvalue weighted by Crippen LogP contribution is 2.19. The molecule has 2 aromatic carbocycles. The summed E-state index contributed by atoms with van der Waals surface area (Å²) < 4.78 is 0. The lowest BCUT2D eigenvalue weighted by Gasteiger charge is -2.05. The van der Waals surface area contributed by atoms with Gasteiger partial charge in [-0.25, -0.2) is 0 Å². The van der Waals surface area contributed by atoms with Gasteiger partial charge in [0.05, 0.1) is 0 Å². The van der Waals surface area contributed by atoms with Gasteiger partial charge in [-0.05, 0) is 28.3 Å². The van der Waals surface area contributed by atoms with Crippen molar-refractivity contribution in [1.29, 1.82) is 0 Å². The number of benzene rings is 2. The first-order chi connectivity index (χ1) is 7.92. The Hall–Kier alpha value is -1.45. The number of fused-ring (bicyclic) bond motifs is 1. The molecule has 0 aromatic heterocycles. The standard InChI is InChI=1S/C13H12N2S/c1-2-4-12-7-10(5-6-11(12)3-1)8-13-9-16-15-14-13/h1-7,9,14-15H,8H2. The molecule has 0 fully saturated rings. The summed E-state index contributed by atoms with van der Waals surface area (Å²) in [5.41, 5.74) is 5.68. The summed E-state index contributed by atoms with van der Waals surface area (Å²) in [4.78, 5) is 3.00. The van der Waals surface area contributed by atoms with Gasteiger partial charge in [0.1, 0.15) is 0 Å². The summed E-state index contributed by atoms with van der Waals surface area (Å²) in [6, 6.07) is 15.1. The summed E-state index contributed by atoms with van der Waals surface area (Å²) in [5, 5.41) is 4.71. The van der Waals surface area contributed by atoms with Crippen molar-refractivity contribution in [3.63, 3.8) is 0 Å². The Morgan fingerprint density at radius 2 is 1.88 bits per heavy atom. The van der Waals surface area contributed by atoms with E-state index in [9.17, 15) is 0 Å². The van der Waals surface area contributed by atoms with Gasteiger partial charge in [-0.15, -0.1) is 0 Å². The third kappa shape index (κ3) is 1.92. The van der Waals surface area contributed by atoms with Gasteiger partial charge in [0.25, 0.3) is 0 Å². The van der Waals surface area contributed by atoms with E-state index >= 15 is 0 Å². The highest BCUT2D eigenvalue weighted by atomic mass is 32.2. The third-order valence-electron chi connectivity index (χ3n) is 2.68. The van der Waals surface area contributed by atoms with E-state index < -0.39 is 0 Å². The van der Waals surface area contributed by atoms with Gasteiger partial charge in [-0.3, -0.25) is 0 Å². The smallest absolute Gasteiger partial charge is 0.0391 e. The molecule has 0 aliphatic carbocycles. The van der Waals surface area contributed by atoms with Crippen LogP contribution >= 0.6 is 11.9 Å². The van der Waals surface area contributed by atoms with Gasteiger partial charge in [0.15, 0.2) is 0 Å². The second kappa shape index (κ2) is 4.20. The molecule has 1 aliphatic rings. The molecule has 0 radical (unpaired) electrons. The zero-order valence-corrected chi connectivity index (χ0v) is 9.55. The van der Waals surface area contributed by atoms with Gasteiger partial charge in [-0.1, -0.05) is 42.5 Å². The molecule has 1 heterocycles. The molecule has 2 nitrogen and oxygen atoms in total. The van der Waals surface area contributed by atoms with Crippen LogP contribution in [0.3, 0.4) is 0 Å². The zero-order valence-electron chi connectivity index (χ0n) is 8.73. The molecular weight excluding hydrogens is 216 g/mol. The topological polar surface area (TPSA) is 24.1 Å². The Morgan fingerprint density at radius 1 is 1.00 bits per heavy atom. The van der Waals surface area contributed by atoms with Crippen molar-refractivity contribution in [2.45, 2.75) is 6.42 Å². The van der Waals surface area contributed by atoms with Crippen LogP contribution in [0.15, 0.2) is 53.6 Å². The van der Waals surface area contributed by atoms with Crippen molar-refractivity contribution < 1.29 is 0 Å². The van der Waals surface area contributed by atoms with Crippen LogP contribution < -0.4 is 10.3 Å². The van der Waals surface area contributed by atoms with Crippen LogP contribution in [-0.4, -0.2) is 0 Å². The van der Waals surface area contributed by atoms with Crippen LogP contribution in [0.25, 0.3) is 10.8 Å². The lowest BCUT2D eigenvalue weighted by Crippen LogP contribution is -2.19. The summed E-state index contributed by atoms with van der Waals surface area (Å²) >= 11 is 1.58. The van der Waals surface area contributed by atoms with Gasteiger partial charge >= 0.3 is 0 Å². The van der Waals surface area contributed by atoms with E-state index in [1.807, 2.05) is 0 Å². The Labute approximate surface area is 98.8 Å². The van der Waals surface area contributed by atoms with E-state index in [4.69, 9.17) is 0 Å². The van der Waals surface area contributed by atoms with Crippen LogP contribution in [0.2, 0.25) is 0 Å². The lowest BCUT2D eigenvalue weighted by atomic mass is 10.0. The molecule has 0 bridgehead atoms. The second-order valence-electron chi connectivity index (χ2n) is 3.85. The molecule has 80 valence electrons. The largest absolute Gasteiger partial charge is 0.315 e. The van der Waals surface area contributed by atoms with Crippen molar-refractivity contribution in [3.8, 4) is 0 Å². The number of hydrazine groups is 1. The fourth-order valence-electron chi connectivity index (χ4n) is 1.88. The first-order valence-corrected chi connectivity index (χ1v) is 6.13. The Kier molecular flexibility index (Phi) is 2.56. The maximum absolute atomic E-state index is 3.13. The van der Waals surface area contributed by atoms with Gasteiger partial charge in [0, 0.05) is 17.5 Å². The van der Waals surface area contributed by atoms with E-state index in [0.29, 0.717) is 0 Å². The van der Waals surface area contributed by atoms with Crippen molar-refractivity contribution in [3.05, 3.63) is 59.1 Å². The maximum Gasteiger partial charge on any atom is 0.0391 e. The molecule has 0 amide bonds. The Bertz CT molecular complexity index is 548. The number of hydrogen-bond acceptors (Lipinski definition) is 3. The Morgan fingerprint density at radius 3 is 2.69 bits per heavy atom. The van der Waals surface area contributed by atoms with E-state index in [0.717, 1.165) is 6.42 Å². The molecule has 0 saturated carbocycles. The fourth-order valence-corrected chi connectivity index (χ4v) is 2.41. The van der Waals surface area contributed by atoms with Crippen molar-refractivity contribution in [2.24, 2.45) is 0 Å². The maximum atomic E-state index is 3.13. The van der Waals surface area contributed by atoms with Crippen molar-refractivity contribution in [1.82, 2.24) is 10.3 Å². The quantitative estimate of drug-likeness (QED) is 0.773. The molecule has 3 heteroatoms. The highest BCUT2D eigenvalue weighted by Gasteiger charge is 2.04. The van der Waals surface area contributed by atoms with E-state index in [1.54, 1.807) is 11.9 Å². The lowest BCUT2D eigenvalue weighted by molar-refractivity contribution is 0.801. The molecule has 2 aromatic rings. The molecule has 0 atom stereocenters. The number of allylic oxidation sites excluding steroid dienone is 1. The van der Waals surface area contributed by atoms with Crippen LogP contribution in [0.1, 0.15) is 5.56 Å². The molecule has 16 heavy (non-hydrogen) atoms. The number of rotatable bonds is 2. The molecule has 0 spiro atoms. The first-order valence-electron chi connectivity index (χ1n) is 5.25. The molecule has 2 N–H and O–H groups in total. The van der Waals surface area contributed by atoms with Crippen molar-refractivity contribution in [2.75, 3.05) is 0 Å². The third-order valence-corrected chi connectivity index (χ3v) is 3.30. The van der Waals surface area contributed by atoms with Crippen LogP contribution in [0, 0.1) is 0 Å². The number of nitrogens with one attached hydrogen (secondary N) is 2. The zero-order chi connectivity index (χ0) is 10.8. The molecular formula is C13H12N2S. The minimum atomic E-state index is 0.949. The first kappa shape index (κ1) is 9.75. The van der Waals surface area contributed by atoms with E-state index in [-0.39, 0.29) is 0 Å². The number of hydrogen-bond donors (Lipinski definition) is 2. The molecule has 1 aliphatic heterocycles. The van der Waals surface area contributed by atoms with Gasteiger partial charge in [0.2, 0.25) is 0 Å². The summed E-state index contributed by atoms with van der Waals surface area (Å²) in [6.45, 7) is 0. The molecule has 3 rings (SSSR count). The summed E-state index contributed by atoms with van der Waals surface area (Å²) in [6.07, 6.45) is 0.949. The van der Waals surface area contributed by atoms with Crippen LogP contribution in [-0.2, 0) is 6.42 Å². The van der Waals surface area contributed by atoms with Gasteiger partial charge in [-0.2, -0.15) is 4.83 Å². The predicted molar refractivity (Wildman–Crippen MR) is 69.6 cm³/mol. The van der Waals surface area contributed by atoms with E-state index in [1.165, 1.54) is 22.0 Å². The molecule has 0 saturated heterocycles. The highest BCUT2D eigenvalue weighted by molar-refractivity contribution is 8.00. The van der Waals surface area contributed by atoms with E-state index in [2.05, 4.69) is 58.1 Å². The average Bonchev–Trinajstić information content (AvgIpc) is 2.82. The van der Waals surface area contributed by atoms with Crippen LogP contribution in [0.5, 0.6) is 0 Å².